The van der Waals surface area contributed by atoms with E-state index in [4.69, 9.17) is 9.47 Å². The number of hydrogen-bond donors (Lipinski definition) is 0. The standard InChI is InChI=1S/C21H20N2O4/c1-14-17(11-16-9-10-18(26-2)19(12-16)27-3)21(25)23(22-14)20(24)13-15-7-5-4-6-8-15/h4-12H,13H2,1-3H3/b17-11-. The summed E-state index contributed by atoms with van der Waals surface area (Å²) in [5.41, 5.74) is 2.46. The number of ether oxygens (including phenoxy) is 2. The molecule has 0 N–H and O–H groups in total. The van der Waals surface area contributed by atoms with Crippen molar-refractivity contribution in [3.63, 3.8) is 0 Å². The molecule has 0 spiro atoms. The summed E-state index contributed by atoms with van der Waals surface area (Å²) in [7, 11) is 3.11. The first-order valence-corrected chi connectivity index (χ1v) is 8.44. The molecule has 0 bridgehead atoms. The smallest absolute Gasteiger partial charge is 0.283 e. The number of carbonyl (C=O) groups excluding carboxylic acids is 2. The van der Waals surface area contributed by atoms with Crippen molar-refractivity contribution in [1.29, 1.82) is 0 Å². The van der Waals surface area contributed by atoms with Crippen molar-refractivity contribution in [2.75, 3.05) is 14.2 Å². The van der Waals surface area contributed by atoms with Crippen LogP contribution in [-0.4, -0.2) is 36.8 Å². The van der Waals surface area contributed by atoms with Crippen molar-refractivity contribution in [2.24, 2.45) is 5.10 Å². The number of methoxy groups -OCH3 is 2. The maximum atomic E-state index is 12.7. The summed E-state index contributed by atoms with van der Waals surface area (Å²) in [6.45, 7) is 1.71. The second-order valence-electron chi connectivity index (χ2n) is 6.03. The molecule has 1 aliphatic rings. The Kier molecular flexibility index (Phi) is 5.35. The molecule has 2 aromatic carbocycles. The largest absolute Gasteiger partial charge is 0.493 e. The number of hydrazone groups is 1. The van der Waals surface area contributed by atoms with Gasteiger partial charge < -0.3 is 9.47 Å². The average Bonchev–Trinajstić information content (AvgIpc) is 2.97. The van der Waals surface area contributed by atoms with E-state index >= 15 is 0 Å². The summed E-state index contributed by atoms with van der Waals surface area (Å²) >= 11 is 0. The van der Waals surface area contributed by atoms with Crippen LogP contribution >= 0.6 is 0 Å². The van der Waals surface area contributed by atoms with Crippen LogP contribution in [0.4, 0.5) is 0 Å². The van der Waals surface area contributed by atoms with Gasteiger partial charge in [-0.2, -0.15) is 10.1 Å². The normalized spacial score (nSPS) is 15.1. The number of rotatable bonds is 5. The summed E-state index contributed by atoms with van der Waals surface area (Å²) in [5, 5.41) is 5.09. The van der Waals surface area contributed by atoms with Crippen LogP contribution in [0.25, 0.3) is 6.08 Å². The molecular weight excluding hydrogens is 344 g/mol. The molecule has 6 nitrogen and oxygen atoms in total. The third-order valence-electron chi connectivity index (χ3n) is 4.22. The molecule has 0 aromatic heterocycles. The lowest BCUT2D eigenvalue weighted by atomic mass is 10.1. The highest BCUT2D eigenvalue weighted by atomic mass is 16.5. The molecule has 0 atom stereocenters. The Morgan fingerprint density at radius 3 is 2.44 bits per heavy atom. The van der Waals surface area contributed by atoms with E-state index in [1.807, 2.05) is 36.4 Å². The van der Waals surface area contributed by atoms with Gasteiger partial charge in [-0.15, -0.1) is 0 Å². The summed E-state index contributed by atoms with van der Waals surface area (Å²) in [5.74, 6) is 0.371. The first kappa shape index (κ1) is 18.4. The van der Waals surface area contributed by atoms with Crippen LogP contribution in [0.3, 0.4) is 0 Å². The van der Waals surface area contributed by atoms with E-state index in [1.54, 1.807) is 39.4 Å². The first-order valence-electron chi connectivity index (χ1n) is 8.44. The third-order valence-corrected chi connectivity index (χ3v) is 4.22. The highest BCUT2D eigenvalue weighted by Crippen LogP contribution is 2.29. The Morgan fingerprint density at radius 2 is 1.78 bits per heavy atom. The molecule has 6 heteroatoms. The molecule has 0 aliphatic carbocycles. The number of hydrogen-bond acceptors (Lipinski definition) is 5. The van der Waals surface area contributed by atoms with Gasteiger partial charge in [-0.25, -0.2) is 0 Å². The fourth-order valence-corrected chi connectivity index (χ4v) is 2.81. The molecule has 0 saturated carbocycles. The Balaban J connectivity index is 1.82. The number of nitrogens with zero attached hydrogens (tertiary/aromatic N) is 2. The minimum atomic E-state index is -0.428. The van der Waals surface area contributed by atoms with Crippen molar-refractivity contribution < 1.29 is 19.1 Å². The van der Waals surface area contributed by atoms with E-state index in [9.17, 15) is 9.59 Å². The van der Waals surface area contributed by atoms with E-state index < -0.39 is 5.91 Å². The van der Waals surface area contributed by atoms with E-state index in [1.165, 1.54) is 0 Å². The molecule has 1 heterocycles. The number of benzene rings is 2. The lowest BCUT2D eigenvalue weighted by Gasteiger charge is -2.10. The van der Waals surface area contributed by atoms with Crippen LogP contribution in [0.2, 0.25) is 0 Å². The molecule has 0 radical (unpaired) electrons. The highest BCUT2D eigenvalue weighted by Gasteiger charge is 2.32. The first-order chi connectivity index (χ1) is 13.0. The third kappa shape index (κ3) is 3.89. The van der Waals surface area contributed by atoms with Crippen molar-refractivity contribution in [1.82, 2.24) is 5.01 Å². The lowest BCUT2D eigenvalue weighted by Crippen LogP contribution is -2.30. The molecule has 27 heavy (non-hydrogen) atoms. The molecule has 2 amide bonds. The van der Waals surface area contributed by atoms with Gasteiger partial charge in [0.2, 0.25) is 0 Å². The quantitative estimate of drug-likeness (QED) is 0.765. The number of carbonyl (C=O) groups is 2. The van der Waals surface area contributed by atoms with Crippen molar-refractivity contribution in [2.45, 2.75) is 13.3 Å². The lowest BCUT2D eigenvalue weighted by molar-refractivity contribution is -0.141. The number of imide groups is 1. The van der Waals surface area contributed by atoms with Crippen molar-refractivity contribution >= 4 is 23.6 Å². The fourth-order valence-electron chi connectivity index (χ4n) is 2.81. The van der Waals surface area contributed by atoms with Crippen LogP contribution < -0.4 is 9.47 Å². The Hall–Kier alpha value is -3.41. The summed E-state index contributed by atoms with van der Waals surface area (Å²) in [4.78, 5) is 25.2. The molecule has 1 aliphatic heterocycles. The molecule has 0 fully saturated rings. The van der Waals surface area contributed by atoms with Gasteiger partial charge in [0.25, 0.3) is 11.8 Å². The molecular formula is C21H20N2O4. The Labute approximate surface area is 157 Å². The van der Waals surface area contributed by atoms with Gasteiger partial charge in [0, 0.05) is 0 Å². The zero-order chi connectivity index (χ0) is 19.4. The van der Waals surface area contributed by atoms with Gasteiger partial charge in [0.05, 0.1) is 31.9 Å². The van der Waals surface area contributed by atoms with Crippen molar-refractivity contribution in [3.05, 3.63) is 65.2 Å². The van der Waals surface area contributed by atoms with Gasteiger partial charge in [-0.1, -0.05) is 36.4 Å². The van der Waals surface area contributed by atoms with E-state index in [0.717, 1.165) is 16.1 Å². The van der Waals surface area contributed by atoms with Crippen LogP contribution in [0.15, 0.2) is 59.2 Å². The second kappa shape index (κ2) is 7.86. The second-order valence-corrected chi connectivity index (χ2v) is 6.03. The minimum absolute atomic E-state index is 0.118. The van der Waals surface area contributed by atoms with E-state index in [2.05, 4.69) is 5.10 Å². The summed E-state index contributed by atoms with van der Waals surface area (Å²) in [6, 6.07) is 14.6. The zero-order valence-electron chi connectivity index (χ0n) is 15.4. The average molecular weight is 364 g/mol. The van der Waals surface area contributed by atoms with Crippen LogP contribution in [-0.2, 0) is 16.0 Å². The van der Waals surface area contributed by atoms with E-state index in [0.29, 0.717) is 22.8 Å². The fraction of sp³-hybridized carbons (Fsp3) is 0.190. The Morgan fingerprint density at radius 1 is 1.07 bits per heavy atom. The van der Waals surface area contributed by atoms with Crippen LogP contribution in [0.1, 0.15) is 18.1 Å². The van der Waals surface area contributed by atoms with Gasteiger partial charge >= 0.3 is 0 Å². The molecule has 3 rings (SSSR count). The predicted octanol–water partition coefficient (Wildman–Crippen LogP) is 3.07. The maximum absolute atomic E-state index is 12.7. The van der Waals surface area contributed by atoms with Crippen molar-refractivity contribution in [3.8, 4) is 11.5 Å². The Bertz CT molecular complexity index is 932. The molecule has 2 aromatic rings. The monoisotopic (exact) mass is 364 g/mol. The molecule has 138 valence electrons. The van der Waals surface area contributed by atoms with E-state index in [-0.39, 0.29) is 12.3 Å². The van der Waals surface area contributed by atoms with Gasteiger partial charge in [0.15, 0.2) is 11.5 Å². The summed E-state index contributed by atoms with van der Waals surface area (Å²) < 4.78 is 10.5. The number of amides is 2. The van der Waals surface area contributed by atoms with Gasteiger partial charge in [0.1, 0.15) is 0 Å². The zero-order valence-corrected chi connectivity index (χ0v) is 15.4. The predicted molar refractivity (Wildman–Crippen MR) is 103 cm³/mol. The topological polar surface area (TPSA) is 68.2 Å². The SMILES string of the molecule is COc1ccc(/C=C2\C(=O)N(C(=O)Cc3ccccc3)N=C2C)cc1OC. The molecule has 0 unspecified atom stereocenters. The maximum Gasteiger partial charge on any atom is 0.283 e. The minimum Gasteiger partial charge on any atom is -0.493 e. The van der Waals surface area contributed by atoms with Crippen LogP contribution in [0.5, 0.6) is 11.5 Å². The summed E-state index contributed by atoms with van der Waals surface area (Å²) in [6.07, 6.45) is 1.81. The van der Waals surface area contributed by atoms with Crippen LogP contribution in [0, 0.1) is 0 Å². The van der Waals surface area contributed by atoms with Gasteiger partial charge in [-0.3, -0.25) is 9.59 Å². The molecule has 0 saturated heterocycles. The highest BCUT2D eigenvalue weighted by molar-refractivity contribution is 6.29. The van der Waals surface area contributed by atoms with Gasteiger partial charge in [-0.05, 0) is 36.3 Å².